The molecule has 1 aliphatic heterocycles. The van der Waals surface area contributed by atoms with Crippen molar-refractivity contribution in [2.75, 3.05) is 6.54 Å². The van der Waals surface area contributed by atoms with Gasteiger partial charge in [-0.25, -0.2) is 18.4 Å². The SMILES string of the molecule is O=S(=O)(C1CC1)N1CCc2nc3ncccc3cc2C1. The predicted octanol–water partition coefficient (Wildman–Crippen LogP) is 1.48. The predicted molar refractivity (Wildman–Crippen MR) is 75.6 cm³/mol. The Hall–Kier alpha value is -1.53. The molecular weight excluding hydrogens is 274 g/mol. The van der Waals surface area contributed by atoms with Crippen LogP contribution in [0.15, 0.2) is 24.4 Å². The fourth-order valence-corrected chi connectivity index (χ4v) is 4.55. The zero-order valence-corrected chi connectivity index (χ0v) is 11.8. The normalized spacial score (nSPS) is 20.0. The Labute approximate surface area is 117 Å². The second-order valence-electron chi connectivity index (χ2n) is 5.47. The van der Waals surface area contributed by atoms with Crippen LogP contribution in [-0.2, 0) is 23.0 Å². The maximum atomic E-state index is 12.3. The minimum absolute atomic E-state index is 0.140. The zero-order chi connectivity index (χ0) is 13.7. The highest BCUT2D eigenvalue weighted by atomic mass is 32.2. The van der Waals surface area contributed by atoms with E-state index in [1.54, 1.807) is 10.5 Å². The molecule has 0 bridgehead atoms. The monoisotopic (exact) mass is 289 g/mol. The van der Waals surface area contributed by atoms with Crippen LogP contribution in [-0.4, -0.2) is 34.5 Å². The van der Waals surface area contributed by atoms with Crippen molar-refractivity contribution in [3.8, 4) is 0 Å². The Morgan fingerprint density at radius 1 is 1.30 bits per heavy atom. The summed E-state index contributed by atoms with van der Waals surface area (Å²) in [7, 11) is -3.09. The smallest absolute Gasteiger partial charge is 0.217 e. The van der Waals surface area contributed by atoms with Gasteiger partial charge < -0.3 is 0 Å². The van der Waals surface area contributed by atoms with Crippen LogP contribution in [0.4, 0.5) is 0 Å². The largest absolute Gasteiger partial charge is 0.237 e. The van der Waals surface area contributed by atoms with E-state index in [0.29, 0.717) is 19.5 Å². The number of rotatable bonds is 2. The van der Waals surface area contributed by atoms with Gasteiger partial charge in [-0.15, -0.1) is 0 Å². The molecule has 2 aromatic heterocycles. The maximum absolute atomic E-state index is 12.3. The van der Waals surface area contributed by atoms with Gasteiger partial charge in [0.1, 0.15) is 0 Å². The number of hydrogen-bond donors (Lipinski definition) is 0. The molecular formula is C14H15N3O2S. The second kappa shape index (κ2) is 4.23. The molecule has 0 N–H and O–H groups in total. The van der Waals surface area contributed by atoms with E-state index in [0.717, 1.165) is 35.1 Å². The molecule has 2 aliphatic rings. The zero-order valence-electron chi connectivity index (χ0n) is 11.0. The van der Waals surface area contributed by atoms with E-state index in [1.165, 1.54) is 0 Å². The van der Waals surface area contributed by atoms with E-state index in [9.17, 15) is 8.42 Å². The lowest BCUT2D eigenvalue weighted by Gasteiger charge is -2.27. The third kappa shape index (κ3) is 1.91. The number of hydrogen-bond acceptors (Lipinski definition) is 4. The molecule has 6 heteroatoms. The third-order valence-corrected chi connectivity index (χ3v) is 6.35. The number of pyridine rings is 2. The molecule has 2 aromatic rings. The molecule has 0 unspecified atom stereocenters. The van der Waals surface area contributed by atoms with Gasteiger partial charge in [-0.05, 0) is 36.6 Å². The summed E-state index contributed by atoms with van der Waals surface area (Å²) in [6, 6.07) is 5.86. The van der Waals surface area contributed by atoms with E-state index in [-0.39, 0.29) is 5.25 Å². The van der Waals surface area contributed by atoms with Gasteiger partial charge >= 0.3 is 0 Å². The van der Waals surface area contributed by atoms with Crippen molar-refractivity contribution in [3.63, 3.8) is 0 Å². The van der Waals surface area contributed by atoms with Gasteiger partial charge in [0, 0.05) is 36.8 Å². The Morgan fingerprint density at radius 2 is 2.15 bits per heavy atom. The van der Waals surface area contributed by atoms with E-state index in [1.807, 2.05) is 18.2 Å². The summed E-state index contributed by atoms with van der Waals surface area (Å²) >= 11 is 0. The number of fused-ring (bicyclic) bond motifs is 2. The average Bonchev–Trinajstić information content (AvgIpc) is 3.29. The van der Waals surface area contributed by atoms with Gasteiger partial charge in [0.15, 0.2) is 5.65 Å². The molecule has 0 atom stereocenters. The van der Waals surface area contributed by atoms with Crippen LogP contribution in [0.2, 0.25) is 0 Å². The lowest BCUT2D eigenvalue weighted by Crippen LogP contribution is -2.38. The molecule has 0 aromatic carbocycles. The molecule has 5 nitrogen and oxygen atoms in total. The van der Waals surface area contributed by atoms with Gasteiger partial charge in [-0.3, -0.25) is 0 Å². The van der Waals surface area contributed by atoms with Crippen LogP contribution in [0.3, 0.4) is 0 Å². The van der Waals surface area contributed by atoms with Crippen LogP contribution >= 0.6 is 0 Å². The topological polar surface area (TPSA) is 63.2 Å². The molecule has 0 spiro atoms. The summed E-state index contributed by atoms with van der Waals surface area (Å²) in [5, 5.41) is 0.830. The van der Waals surface area contributed by atoms with Crippen molar-refractivity contribution in [2.45, 2.75) is 31.1 Å². The van der Waals surface area contributed by atoms with Crippen molar-refractivity contribution < 1.29 is 8.42 Å². The summed E-state index contributed by atoms with van der Waals surface area (Å²) in [6.07, 6.45) is 4.03. The van der Waals surface area contributed by atoms with Gasteiger partial charge in [0.2, 0.25) is 10.0 Å². The van der Waals surface area contributed by atoms with E-state index in [4.69, 9.17) is 0 Å². The fourth-order valence-electron chi connectivity index (χ4n) is 2.73. The van der Waals surface area contributed by atoms with E-state index in [2.05, 4.69) is 9.97 Å². The molecule has 3 heterocycles. The standard InChI is InChI=1S/C14H15N3O2S/c18-20(19,12-3-4-12)17-7-5-13-11(9-17)8-10-2-1-6-15-14(10)16-13/h1-2,6,8,12H,3-5,7,9H2. The van der Waals surface area contributed by atoms with Crippen molar-refractivity contribution in [2.24, 2.45) is 0 Å². The second-order valence-corrected chi connectivity index (χ2v) is 7.69. The van der Waals surface area contributed by atoms with E-state index >= 15 is 0 Å². The maximum Gasteiger partial charge on any atom is 0.217 e. The van der Waals surface area contributed by atoms with Crippen molar-refractivity contribution in [1.82, 2.24) is 14.3 Å². The highest BCUT2D eigenvalue weighted by Gasteiger charge is 2.41. The lowest BCUT2D eigenvalue weighted by molar-refractivity contribution is 0.387. The third-order valence-electron chi connectivity index (χ3n) is 4.01. The quantitative estimate of drug-likeness (QED) is 0.840. The summed E-state index contributed by atoms with van der Waals surface area (Å²) in [6.45, 7) is 0.989. The highest BCUT2D eigenvalue weighted by molar-refractivity contribution is 7.90. The summed E-state index contributed by atoms with van der Waals surface area (Å²) in [5.41, 5.74) is 2.74. The molecule has 20 heavy (non-hydrogen) atoms. The van der Waals surface area contributed by atoms with Crippen molar-refractivity contribution in [1.29, 1.82) is 0 Å². The van der Waals surface area contributed by atoms with Crippen molar-refractivity contribution in [3.05, 3.63) is 35.7 Å². The number of aromatic nitrogens is 2. The Bertz CT molecular complexity index is 784. The summed E-state index contributed by atoms with van der Waals surface area (Å²) < 4.78 is 26.3. The first-order chi connectivity index (χ1) is 9.64. The Kier molecular flexibility index (Phi) is 2.59. The van der Waals surface area contributed by atoms with Crippen LogP contribution in [0.5, 0.6) is 0 Å². The molecule has 1 saturated carbocycles. The van der Waals surface area contributed by atoms with Crippen LogP contribution in [0.25, 0.3) is 11.0 Å². The molecule has 0 amide bonds. The van der Waals surface area contributed by atoms with Crippen LogP contribution < -0.4 is 0 Å². The van der Waals surface area contributed by atoms with Crippen molar-refractivity contribution >= 4 is 21.1 Å². The minimum Gasteiger partial charge on any atom is -0.237 e. The van der Waals surface area contributed by atoms with Gasteiger partial charge in [0.05, 0.1) is 5.25 Å². The van der Waals surface area contributed by atoms with Gasteiger partial charge in [0.25, 0.3) is 0 Å². The lowest BCUT2D eigenvalue weighted by atomic mass is 10.1. The molecule has 1 aliphatic carbocycles. The molecule has 0 radical (unpaired) electrons. The molecule has 0 saturated heterocycles. The first-order valence-electron chi connectivity index (χ1n) is 6.87. The number of nitrogens with zero attached hydrogens (tertiary/aromatic N) is 3. The summed E-state index contributed by atoms with van der Waals surface area (Å²) in [5.74, 6) is 0. The average molecular weight is 289 g/mol. The molecule has 1 fully saturated rings. The summed E-state index contributed by atoms with van der Waals surface area (Å²) in [4.78, 5) is 8.81. The first-order valence-corrected chi connectivity index (χ1v) is 8.37. The Balaban J connectivity index is 1.73. The highest BCUT2D eigenvalue weighted by Crippen LogP contribution is 2.33. The fraction of sp³-hybridized carbons (Fsp3) is 0.429. The Morgan fingerprint density at radius 3 is 2.95 bits per heavy atom. The van der Waals surface area contributed by atoms with Crippen LogP contribution in [0.1, 0.15) is 24.1 Å². The van der Waals surface area contributed by atoms with Crippen LogP contribution in [0, 0.1) is 0 Å². The van der Waals surface area contributed by atoms with Gasteiger partial charge in [-0.1, -0.05) is 0 Å². The first kappa shape index (κ1) is 12.2. The minimum atomic E-state index is -3.09. The molecule has 104 valence electrons. The van der Waals surface area contributed by atoms with E-state index < -0.39 is 10.0 Å². The van der Waals surface area contributed by atoms with Gasteiger partial charge in [-0.2, -0.15) is 4.31 Å². The molecule has 4 rings (SSSR count). The number of sulfonamides is 1.